The van der Waals surface area contributed by atoms with Gasteiger partial charge in [-0.15, -0.1) is 0 Å². The first-order chi connectivity index (χ1) is 8.45. The van der Waals surface area contributed by atoms with Crippen molar-refractivity contribution in [3.63, 3.8) is 0 Å². The number of amides is 1. The molecule has 100 valence electrons. The van der Waals surface area contributed by atoms with Gasteiger partial charge < -0.3 is 10.6 Å². The topological polar surface area (TPSA) is 46.3 Å². The van der Waals surface area contributed by atoms with Crippen LogP contribution >= 0.6 is 0 Å². The zero-order valence-corrected chi connectivity index (χ0v) is 11.2. The van der Waals surface area contributed by atoms with Crippen LogP contribution < -0.4 is 10.6 Å². The molecule has 0 spiro atoms. The summed E-state index contributed by atoms with van der Waals surface area (Å²) in [5.41, 5.74) is 6.58. The molecular weight excluding hydrogens is 231 g/mol. The fourth-order valence-corrected chi connectivity index (χ4v) is 1.90. The molecule has 0 saturated heterocycles. The van der Waals surface area contributed by atoms with Gasteiger partial charge in [-0.3, -0.25) is 4.79 Å². The average Bonchev–Trinajstić information content (AvgIpc) is 2.31. The molecule has 1 amide bonds. The van der Waals surface area contributed by atoms with Crippen LogP contribution in [0.25, 0.3) is 0 Å². The van der Waals surface area contributed by atoms with Crippen molar-refractivity contribution in [3.05, 3.63) is 30.1 Å². The van der Waals surface area contributed by atoms with Crippen LogP contribution in [0.2, 0.25) is 0 Å². The van der Waals surface area contributed by atoms with E-state index in [9.17, 15) is 9.18 Å². The van der Waals surface area contributed by atoms with Gasteiger partial charge in [0.1, 0.15) is 5.82 Å². The van der Waals surface area contributed by atoms with Crippen molar-refractivity contribution in [3.8, 4) is 0 Å². The third-order valence-corrected chi connectivity index (χ3v) is 2.76. The molecule has 0 heterocycles. The smallest absolute Gasteiger partial charge is 0.243 e. The molecule has 0 unspecified atom stereocenters. The van der Waals surface area contributed by atoms with Gasteiger partial charge in [-0.25, -0.2) is 4.39 Å². The molecular formula is C14H21FN2O. The number of nitrogens with zero attached hydrogens (tertiary/aromatic N) is 1. The highest BCUT2D eigenvalue weighted by atomic mass is 19.1. The van der Waals surface area contributed by atoms with Gasteiger partial charge in [0.15, 0.2) is 0 Å². The Balaban J connectivity index is 2.82. The van der Waals surface area contributed by atoms with E-state index in [1.165, 1.54) is 12.1 Å². The number of carbonyl (C=O) groups excluding carboxylic acids is 1. The Bertz CT molecular complexity index is 389. The normalized spacial score (nSPS) is 12.6. The molecule has 0 aliphatic heterocycles. The van der Waals surface area contributed by atoms with Gasteiger partial charge in [0.05, 0.1) is 6.04 Å². The predicted octanol–water partition coefficient (Wildman–Crippen LogP) is 2.55. The third kappa shape index (κ3) is 3.81. The molecule has 1 aromatic carbocycles. The Kier molecular flexibility index (Phi) is 5.28. The van der Waals surface area contributed by atoms with Gasteiger partial charge in [0.2, 0.25) is 5.91 Å². The molecule has 0 saturated carbocycles. The summed E-state index contributed by atoms with van der Waals surface area (Å²) < 4.78 is 12.9. The SMILES string of the molecule is CCN(C(=O)[C@@H](N)CC(C)C)c1ccc(F)cc1. The molecule has 4 heteroatoms. The minimum atomic E-state index is -0.505. The predicted molar refractivity (Wildman–Crippen MR) is 71.9 cm³/mol. The summed E-state index contributed by atoms with van der Waals surface area (Å²) in [5.74, 6) is -0.0533. The molecule has 0 radical (unpaired) electrons. The van der Waals surface area contributed by atoms with Crippen LogP contribution in [0.4, 0.5) is 10.1 Å². The summed E-state index contributed by atoms with van der Waals surface area (Å²) in [7, 11) is 0. The summed E-state index contributed by atoms with van der Waals surface area (Å²) in [6, 6.07) is 5.38. The Morgan fingerprint density at radius 3 is 2.33 bits per heavy atom. The van der Waals surface area contributed by atoms with Crippen LogP contribution in [-0.2, 0) is 4.79 Å². The van der Waals surface area contributed by atoms with E-state index in [2.05, 4.69) is 0 Å². The minimum Gasteiger partial charge on any atom is -0.320 e. The quantitative estimate of drug-likeness (QED) is 0.875. The molecule has 1 atom stereocenters. The molecule has 1 rings (SSSR count). The van der Waals surface area contributed by atoms with E-state index < -0.39 is 6.04 Å². The van der Waals surface area contributed by atoms with Crippen LogP contribution in [0.5, 0.6) is 0 Å². The summed E-state index contributed by atoms with van der Waals surface area (Å²) in [6.45, 7) is 6.46. The minimum absolute atomic E-state index is 0.113. The first-order valence-corrected chi connectivity index (χ1v) is 6.28. The number of halogens is 1. The second kappa shape index (κ2) is 6.50. The lowest BCUT2D eigenvalue weighted by atomic mass is 10.0. The lowest BCUT2D eigenvalue weighted by Gasteiger charge is -2.25. The number of benzene rings is 1. The largest absolute Gasteiger partial charge is 0.320 e. The van der Waals surface area contributed by atoms with E-state index >= 15 is 0 Å². The molecule has 0 aromatic heterocycles. The lowest BCUT2D eigenvalue weighted by molar-refractivity contribution is -0.120. The van der Waals surface area contributed by atoms with Crippen molar-refractivity contribution in [2.75, 3.05) is 11.4 Å². The molecule has 0 bridgehead atoms. The molecule has 18 heavy (non-hydrogen) atoms. The molecule has 1 aromatic rings. The van der Waals surface area contributed by atoms with Crippen LogP contribution in [0.1, 0.15) is 27.2 Å². The fraction of sp³-hybridized carbons (Fsp3) is 0.500. The highest BCUT2D eigenvalue weighted by molar-refractivity contribution is 5.96. The van der Waals surface area contributed by atoms with Gasteiger partial charge in [-0.05, 0) is 43.5 Å². The van der Waals surface area contributed by atoms with Crippen LogP contribution in [0.15, 0.2) is 24.3 Å². The Morgan fingerprint density at radius 1 is 1.33 bits per heavy atom. The van der Waals surface area contributed by atoms with Crippen molar-refractivity contribution in [1.29, 1.82) is 0 Å². The summed E-state index contributed by atoms with van der Waals surface area (Å²) in [5, 5.41) is 0. The van der Waals surface area contributed by atoms with E-state index in [-0.39, 0.29) is 11.7 Å². The highest BCUT2D eigenvalue weighted by Gasteiger charge is 2.21. The number of likely N-dealkylation sites (N-methyl/N-ethyl adjacent to an activating group) is 1. The average molecular weight is 252 g/mol. The standard InChI is InChI=1S/C14H21FN2O/c1-4-17(12-7-5-11(15)6-8-12)14(18)13(16)9-10(2)3/h5-8,10,13H,4,9,16H2,1-3H3/t13-/m0/s1. The first-order valence-electron chi connectivity index (χ1n) is 6.28. The van der Waals surface area contributed by atoms with Crippen LogP contribution in [-0.4, -0.2) is 18.5 Å². The van der Waals surface area contributed by atoms with Crippen molar-refractivity contribution < 1.29 is 9.18 Å². The number of rotatable bonds is 5. The van der Waals surface area contributed by atoms with Gasteiger partial charge >= 0.3 is 0 Å². The second-order valence-electron chi connectivity index (χ2n) is 4.79. The van der Waals surface area contributed by atoms with Crippen molar-refractivity contribution >= 4 is 11.6 Å². The highest BCUT2D eigenvalue weighted by Crippen LogP contribution is 2.17. The molecule has 0 aliphatic rings. The molecule has 0 fully saturated rings. The van der Waals surface area contributed by atoms with E-state index in [0.717, 1.165) is 0 Å². The summed E-state index contributed by atoms with van der Waals surface area (Å²) in [4.78, 5) is 13.8. The maximum atomic E-state index is 12.9. The number of nitrogens with two attached hydrogens (primary N) is 1. The molecule has 3 nitrogen and oxygen atoms in total. The fourth-order valence-electron chi connectivity index (χ4n) is 1.90. The Hall–Kier alpha value is -1.42. The van der Waals surface area contributed by atoms with E-state index in [1.807, 2.05) is 20.8 Å². The van der Waals surface area contributed by atoms with E-state index in [4.69, 9.17) is 5.73 Å². The molecule has 0 aliphatic carbocycles. The monoisotopic (exact) mass is 252 g/mol. The van der Waals surface area contributed by atoms with Crippen molar-refractivity contribution in [1.82, 2.24) is 0 Å². The number of hydrogen-bond acceptors (Lipinski definition) is 2. The Morgan fingerprint density at radius 2 is 1.89 bits per heavy atom. The van der Waals surface area contributed by atoms with Crippen molar-refractivity contribution in [2.45, 2.75) is 33.2 Å². The number of hydrogen-bond donors (Lipinski definition) is 1. The zero-order chi connectivity index (χ0) is 13.7. The van der Waals surface area contributed by atoms with Gasteiger partial charge in [-0.1, -0.05) is 13.8 Å². The summed E-state index contributed by atoms with van der Waals surface area (Å²) in [6.07, 6.45) is 0.649. The lowest BCUT2D eigenvalue weighted by Crippen LogP contribution is -2.44. The van der Waals surface area contributed by atoms with E-state index in [1.54, 1.807) is 17.0 Å². The second-order valence-corrected chi connectivity index (χ2v) is 4.79. The van der Waals surface area contributed by atoms with Crippen LogP contribution in [0, 0.1) is 11.7 Å². The Labute approximate surface area is 108 Å². The zero-order valence-electron chi connectivity index (χ0n) is 11.2. The summed E-state index contributed by atoms with van der Waals surface area (Å²) >= 11 is 0. The van der Waals surface area contributed by atoms with Gasteiger partial charge in [-0.2, -0.15) is 0 Å². The van der Waals surface area contributed by atoms with Gasteiger partial charge in [0.25, 0.3) is 0 Å². The van der Waals surface area contributed by atoms with Crippen molar-refractivity contribution in [2.24, 2.45) is 11.7 Å². The maximum Gasteiger partial charge on any atom is 0.243 e. The number of anilines is 1. The van der Waals surface area contributed by atoms with Gasteiger partial charge in [0, 0.05) is 12.2 Å². The maximum absolute atomic E-state index is 12.9. The first kappa shape index (κ1) is 14.6. The van der Waals surface area contributed by atoms with E-state index in [0.29, 0.717) is 24.6 Å². The third-order valence-electron chi connectivity index (χ3n) is 2.76. The van der Waals surface area contributed by atoms with Crippen LogP contribution in [0.3, 0.4) is 0 Å². The molecule has 2 N–H and O–H groups in total. The number of carbonyl (C=O) groups is 1.